The minimum atomic E-state index is -0.102. The van der Waals surface area contributed by atoms with Crippen molar-refractivity contribution in [2.75, 3.05) is 12.5 Å². The quantitative estimate of drug-likeness (QED) is 0.634. The van der Waals surface area contributed by atoms with Gasteiger partial charge in [0.1, 0.15) is 5.69 Å². The fourth-order valence-corrected chi connectivity index (χ4v) is 1.57. The highest BCUT2D eigenvalue weighted by Gasteiger charge is 2.28. The van der Waals surface area contributed by atoms with Gasteiger partial charge in [0, 0.05) is 19.3 Å². The van der Waals surface area contributed by atoms with Crippen molar-refractivity contribution in [3.63, 3.8) is 0 Å². The van der Waals surface area contributed by atoms with Crippen molar-refractivity contribution in [1.82, 2.24) is 9.88 Å². The van der Waals surface area contributed by atoms with Gasteiger partial charge in [0.15, 0.2) is 0 Å². The highest BCUT2D eigenvalue weighted by molar-refractivity contribution is 5.93. The van der Waals surface area contributed by atoms with Gasteiger partial charge in [-0.1, -0.05) is 20.8 Å². The first-order chi connectivity index (χ1) is 8.27. The van der Waals surface area contributed by atoms with E-state index >= 15 is 0 Å². The van der Waals surface area contributed by atoms with Crippen molar-refractivity contribution >= 4 is 11.6 Å². The summed E-state index contributed by atoms with van der Waals surface area (Å²) in [4.78, 5) is 18.1. The Morgan fingerprint density at radius 2 is 2.11 bits per heavy atom. The molecule has 18 heavy (non-hydrogen) atoms. The Morgan fingerprint density at radius 3 is 2.61 bits per heavy atom. The summed E-state index contributed by atoms with van der Waals surface area (Å²) in [5.74, 6) is 5.22. The van der Waals surface area contributed by atoms with Crippen molar-refractivity contribution in [2.24, 2.45) is 11.3 Å². The van der Waals surface area contributed by atoms with Gasteiger partial charge < -0.3 is 10.3 Å². The predicted molar refractivity (Wildman–Crippen MR) is 73.1 cm³/mol. The zero-order chi connectivity index (χ0) is 13.9. The van der Waals surface area contributed by atoms with Crippen LogP contribution in [0.3, 0.4) is 0 Å². The van der Waals surface area contributed by atoms with E-state index in [-0.39, 0.29) is 17.4 Å². The number of nitrogens with zero attached hydrogens (tertiary/aromatic N) is 2. The molecule has 1 amide bonds. The molecule has 0 spiro atoms. The fraction of sp³-hybridized carbons (Fsp3) is 0.538. The van der Waals surface area contributed by atoms with Crippen LogP contribution in [-0.4, -0.2) is 28.9 Å². The van der Waals surface area contributed by atoms with Crippen molar-refractivity contribution in [2.45, 2.75) is 33.7 Å². The zero-order valence-electron chi connectivity index (χ0n) is 11.7. The molecular weight excluding hydrogens is 228 g/mol. The molecule has 0 aliphatic rings. The highest BCUT2D eigenvalue weighted by atomic mass is 16.2. The molecule has 5 heteroatoms. The molecule has 0 aliphatic carbocycles. The van der Waals surface area contributed by atoms with Crippen LogP contribution in [0.2, 0.25) is 0 Å². The van der Waals surface area contributed by atoms with Gasteiger partial charge in [-0.3, -0.25) is 15.6 Å². The molecular formula is C13H22N4O. The average molecular weight is 250 g/mol. The second-order valence-corrected chi connectivity index (χ2v) is 5.53. The molecule has 1 atom stereocenters. The zero-order valence-corrected chi connectivity index (χ0v) is 11.7. The summed E-state index contributed by atoms with van der Waals surface area (Å²) in [6.45, 7) is 8.34. The number of hydrogen-bond acceptors (Lipinski definition) is 4. The molecule has 1 heterocycles. The van der Waals surface area contributed by atoms with Crippen molar-refractivity contribution in [1.29, 1.82) is 0 Å². The Labute approximate surface area is 108 Å². The number of hydrogen-bond donors (Lipinski definition) is 2. The highest BCUT2D eigenvalue weighted by Crippen LogP contribution is 2.24. The number of anilines is 1. The SMILES string of the molecule is CC(N(C)C(=O)c1cc(NN)ccn1)C(C)(C)C. The lowest BCUT2D eigenvalue weighted by molar-refractivity contribution is 0.0623. The van der Waals surface area contributed by atoms with Crippen LogP contribution in [-0.2, 0) is 0 Å². The number of carbonyl (C=O) groups is 1. The summed E-state index contributed by atoms with van der Waals surface area (Å²) in [6.07, 6.45) is 1.57. The molecule has 100 valence electrons. The van der Waals surface area contributed by atoms with Crippen LogP contribution >= 0.6 is 0 Å². The molecule has 1 aromatic heterocycles. The molecule has 5 nitrogen and oxygen atoms in total. The third kappa shape index (κ3) is 3.20. The Bertz CT molecular complexity index is 425. The van der Waals surface area contributed by atoms with Crippen molar-refractivity contribution < 1.29 is 4.79 Å². The van der Waals surface area contributed by atoms with E-state index in [0.29, 0.717) is 11.4 Å². The molecule has 1 aromatic rings. The molecule has 0 aliphatic heterocycles. The lowest BCUT2D eigenvalue weighted by Crippen LogP contribution is -2.43. The van der Waals surface area contributed by atoms with Gasteiger partial charge in [0.25, 0.3) is 5.91 Å². The maximum atomic E-state index is 12.3. The Morgan fingerprint density at radius 1 is 1.50 bits per heavy atom. The van der Waals surface area contributed by atoms with Crippen LogP contribution in [0.4, 0.5) is 5.69 Å². The van der Waals surface area contributed by atoms with E-state index in [1.54, 1.807) is 30.3 Å². The summed E-state index contributed by atoms with van der Waals surface area (Å²) in [5.41, 5.74) is 3.60. The van der Waals surface area contributed by atoms with Gasteiger partial charge >= 0.3 is 0 Å². The first-order valence-electron chi connectivity index (χ1n) is 5.97. The Hall–Kier alpha value is -1.62. The van der Waals surface area contributed by atoms with Gasteiger partial charge in [-0.25, -0.2) is 0 Å². The van der Waals surface area contributed by atoms with E-state index in [2.05, 4.69) is 31.2 Å². The van der Waals surface area contributed by atoms with E-state index < -0.39 is 0 Å². The summed E-state index contributed by atoms with van der Waals surface area (Å²) < 4.78 is 0. The Balaban J connectivity index is 2.93. The molecule has 0 aromatic carbocycles. The molecule has 0 saturated carbocycles. The van der Waals surface area contributed by atoms with Gasteiger partial charge in [-0.05, 0) is 24.5 Å². The third-order valence-electron chi connectivity index (χ3n) is 3.30. The van der Waals surface area contributed by atoms with E-state index in [1.165, 1.54) is 0 Å². The third-order valence-corrected chi connectivity index (χ3v) is 3.30. The van der Waals surface area contributed by atoms with Crippen LogP contribution in [0.15, 0.2) is 18.3 Å². The van der Waals surface area contributed by atoms with E-state index in [0.717, 1.165) is 0 Å². The van der Waals surface area contributed by atoms with Gasteiger partial charge in [0.2, 0.25) is 0 Å². The second-order valence-electron chi connectivity index (χ2n) is 5.53. The number of aromatic nitrogens is 1. The standard InChI is InChI=1S/C13H22N4O/c1-9(13(2,3)4)17(5)12(18)11-8-10(16-14)6-7-15-11/h6-9H,14H2,1-5H3,(H,15,16). The van der Waals surface area contributed by atoms with Crippen LogP contribution < -0.4 is 11.3 Å². The lowest BCUT2D eigenvalue weighted by Gasteiger charge is -2.35. The van der Waals surface area contributed by atoms with E-state index in [4.69, 9.17) is 5.84 Å². The molecule has 0 radical (unpaired) electrons. The topological polar surface area (TPSA) is 71.2 Å². The maximum absolute atomic E-state index is 12.3. The number of hydrazine groups is 1. The van der Waals surface area contributed by atoms with Gasteiger partial charge in [0.05, 0.1) is 5.69 Å². The normalized spacial score (nSPS) is 13.0. The van der Waals surface area contributed by atoms with Crippen LogP contribution in [0, 0.1) is 5.41 Å². The average Bonchev–Trinajstić information content (AvgIpc) is 2.35. The predicted octanol–water partition coefficient (Wildman–Crippen LogP) is 1.87. The second kappa shape index (κ2) is 5.35. The van der Waals surface area contributed by atoms with Crippen LogP contribution in [0.25, 0.3) is 0 Å². The summed E-state index contributed by atoms with van der Waals surface area (Å²) in [7, 11) is 1.79. The number of nitrogen functional groups attached to an aromatic ring is 1. The first-order valence-corrected chi connectivity index (χ1v) is 5.97. The molecule has 0 saturated heterocycles. The summed E-state index contributed by atoms with van der Waals surface area (Å²) in [6, 6.07) is 3.47. The van der Waals surface area contributed by atoms with Gasteiger partial charge in [-0.15, -0.1) is 0 Å². The minimum Gasteiger partial charge on any atom is -0.337 e. The molecule has 3 N–H and O–H groups in total. The number of carbonyl (C=O) groups excluding carboxylic acids is 1. The lowest BCUT2D eigenvalue weighted by atomic mass is 9.87. The van der Waals surface area contributed by atoms with Crippen LogP contribution in [0.5, 0.6) is 0 Å². The van der Waals surface area contributed by atoms with Crippen molar-refractivity contribution in [3.05, 3.63) is 24.0 Å². The molecule has 0 fully saturated rings. The summed E-state index contributed by atoms with van der Waals surface area (Å²) in [5, 5.41) is 0. The largest absolute Gasteiger partial charge is 0.337 e. The minimum absolute atomic E-state index is 0.0220. The Kier molecular flexibility index (Phi) is 4.29. The fourth-order valence-electron chi connectivity index (χ4n) is 1.57. The number of nitrogens with one attached hydrogen (secondary N) is 1. The maximum Gasteiger partial charge on any atom is 0.272 e. The monoisotopic (exact) mass is 250 g/mol. The summed E-state index contributed by atoms with van der Waals surface area (Å²) >= 11 is 0. The number of rotatable bonds is 3. The van der Waals surface area contributed by atoms with E-state index in [9.17, 15) is 4.79 Å². The molecule has 1 rings (SSSR count). The number of amides is 1. The number of nitrogens with two attached hydrogens (primary N) is 1. The smallest absolute Gasteiger partial charge is 0.272 e. The molecule has 0 bridgehead atoms. The van der Waals surface area contributed by atoms with Crippen molar-refractivity contribution in [3.8, 4) is 0 Å². The first kappa shape index (κ1) is 14.4. The van der Waals surface area contributed by atoms with E-state index in [1.807, 2.05) is 6.92 Å². The molecule has 1 unspecified atom stereocenters. The number of pyridine rings is 1. The van der Waals surface area contributed by atoms with Gasteiger partial charge in [-0.2, -0.15) is 0 Å². The van der Waals surface area contributed by atoms with Crippen LogP contribution in [0.1, 0.15) is 38.2 Å².